The molecule has 10 heteroatoms. The summed E-state index contributed by atoms with van der Waals surface area (Å²) in [6.45, 7) is 0. The number of hydrogen-bond donors (Lipinski definition) is 2. The highest BCUT2D eigenvalue weighted by Crippen LogP contribution is 2.37. The van der Waals surface area contributed by atoms with E-state index in [0.29, 0.717) is 4.47 Å². The Bertz CT molecular complexity index is 827. The lowest BCUT2D eigenvalue weighted by Crippen LogP contribution is -1.97. The average molecular weight is 495 g/mol. The summed E-state index contributed by atoms with van der Waals surface area (Å²) in [5.41, 5.74) is -0.357. The first kappa shape index (κ1) is 17.4. The van der Waals surface area contributed by atoms with Crippen molar-refractivity contribution in [1.82, 2.24) is 0 Å². The van der Waals surface area contributed by atoms with E-state index in [1.807, 2.05) is 0 Å². The van der Waals surface area contributed by atoms with E-state index < -0.39 is 21.3 Å². The molecule has 0 amide bonds. The molecule has 0 aliphatic carbocycles. The molecule has 0 atom stereocenters. The maximum atomic E-state index is 10.9. The van der Waals surface area contributed by atoms with E-state index in [-0.39, 0.29) is 32.6 Å². The summed E-state index contributed by atoms with van der Waals surface area (Å²) in [4.78, 5) is 20.5. The molecule has 23 heavy (non-hydrogen) atoms. The van der Waals surface area contributed by atoms with Crippen molar-refractivity contribution in [2.24, 2.45) is 0 Å². The van der Waals surface area contributed by atoms with Gasteiger partial charge in [0.05, 0.1) is 13.4 Å². The van der Waals surface area contributed by atoms with Gasteiger partial charge in [0.2, 0.25) is 0 Å². The molecule has 0 aliphatic heterocycles. The monoisotopic (exact) mass is 494 g/mol. The van der Waals surface area contributed by atoms with Crippen molar-refractivity contribution in [2.75, 3.05) is 0 Å². The highest BCUT2D eigenvalue weighted by molar-refractivity contribution is 14.1. The molecule has 0 heterocycles. The molecule has 2 aromatic rings. The summed E-state index contributed by atoms with van der Waals surface area (Å²) < 4.78 is 0.646. The van der Waals surface area contributed by atoms with E-state index in [9.17, 15) is 30.4 Å². The fourth-order valence-electron chi connectivity index (χ4n) is 2.00. The fourth-order valence-corrected chi connectivity index (χ4v) is 3.16. The number of phenolic OH excluding ortho intramolecular Hbond substituents is 2. The molecule has 0 unspecified atom stereocenters. The number of hydrogen-bond acceptors (Lipinski definition) is 6. The second kappa shape index (κ2) is 6.66. The van der Waals surface area contributed by atoms with E-state index >= 15 is 0 Å². The van der Waals surface area contributed by atoms with Crippen molar-refractivity contribution < 1.29 is 20.1 Å². The number of aromatic hydroxyl groups is 2. The molecule has 0 spiro atoms. The lowest BCUT2D eigenvalue weighted by Gasteiger charge is -2.09. The number of halogens is 2. The van der Waals surface area contributed by atoms with Crippen LogP contribution in [0.2, 0.25) is 0 Å². The van der Waals surface area contributed by atoms with Crippen molar-refractivity contribution in [1.29, 1.82) is 0 Å². The van der Waals surface area contributed by atoms with Crippen molar-refractivity contribution in [2.45, 2.75) is 6.42 Å². The zero-order chi connectivity index (χ0) is 17.3. The van der Waals surface area contributed by atoms with Crippen LogP contribution in [-0.4, -0.2) is 20.1 Å². The molecular formula is C13H8BrIN2O6. The third-order valence-electron chi connectivity index (χ3n) is 3.05. The summed E-state index contributed by atoms with van der Waals surface area (Å²) in [5.74, 6) is -0.711. The van der Waals surface area contributed by atoms with Crippen LogP contribution in [0, 0.1) is 23.8 Å². The van der Waals surface area contributed by atoms with Crippen molar-refractivity contribution >= 4 is 49.9 Å². The second-order valence-electron chi connectivity index (χ2n) is 4.56. The fraction of sp³-hybridized carbons (Fsp3) is 0.0769. The first-order valence-corrected chi connectivity index (χ1v) is 7.89. The second-order valence-corrected chi connectivity index (χ2v) is 6.64. The van der Waals surface area contributed by atoms with Gasteiger partial charge in [0.25, 0.3) is 5.69 Å². The van der Waals surface area contributed by atoms with Gasteiger partial charge in [0.15, 0.2) is 5.75 Å². The normalized spacial score (nSPS) is 10.5. The Labute approximate surface area is 151 Å². The standard InChI is InChI=1S/C13H8BrIN2O6/c14-8-2-6(13(19)11(4-8)17(22)23)1-7-3-9(16(20)21)5-10(15)12(7)18/h2-5,18-19H,1H2. The maximum absolute atomic E-state index is 10.9. The van der Waals surface area contributed by atoms with E-state index in [1.165, 1.54) is 18.2 Å². The number of phenols is 2. The minimum absolute atomic E-state index is 0.102. The molecule has 0 saturated carbocycles. The van der Waals surface area contributed by atoms with Crippen LogP contribution in [0.3, 0.4) is 0 Å². The Morgan fingerprint density at radius 1 is 1.00 bits per heavy atom. The van der Waals surface area contributed by atoms with E-state index in [0.717, 1.165) is 6.07 Å². The molecule has 2 rings (SSSR count). The number of nitro groups is 2. The van der Waals surface area contributed by atoms with Crippen LogP contribution in [0.25, 0.3) is 0 Å². The Kier molecular flexibility index (Phi) is 5.04. The number of benzene rings is 2. The predicted octanol–water partition coefficient (Wildman–Crippen LogP) is 3.87. The third-order valence-corrected chi connectivity index (χ3v) is 4.33. The van der Waals surface area contributed by atoms with Gasteiger partial charge in [-0.3, -0.25) is 20.2 Å². The zero-order valence-electron chi connectivity index (χ0n) is 11.2. The minimum atomic E-state index is -0.735. The molecule has 2 aromatic carbocycles. The van der Waals surface area contributed by atoms with Gasteiger partial charge in [-0.2, -0.15) is 0 Å². The van der Waals surface area contributed by atoms with Gasteiger partial charge in [0.1, 0.15) is 5.75 Å². The quantitative estimate of drug-likeness (QED) is 0.377. The highest BCUT2D eigenvalue weighted by atomic mass is 127. The van der Waals surface area contributed by atoms with Crippen LogP contribution < -0.4 is 0 Å². The highest BCUT2D eigenvalue weighted by Gasteiger charge is 2.21. The average Bonchev–Trinajstić information content (AvgIpc) is 2.46. The Morgan fingerprint density at radius 2 is 1.61 bits per heavy atom. The number of nitro benzene ring substituents is 2. The van der Waals surface area contributed by atoms with Gasteiger partial charge in [-0.25, -0.2) is 0 Å². The van der Waals surface area contributed by atoms with Gasteiger partial charge in [-0.1, -0.05) is 15.9 Å². The van der Waals surface area contributed by atoms with Crippen LogP contribution in [0.5, 0.6) is 11.5 Å². The van der Waals surface area contributed by atoms with Crippen molar-refractivity contribution in [3.05, 3.63) is 63.7 Å². The van der Waals surface area contributed by atoms with Gasteiger partial charge in [-0.15, -0.1) is 0 Å². The van der Waals surface area contributed by atoms with Crippen molar-refractivity contribution in [3.8, 4) is 11.5 Å². The third kappa shape index (κ3) is 3.69. The largest absolute Gasteiger partial charge is 0.507 e. The van der Waals surface area contributed by atoms with Gasteiger partial charge < -0.3 is 10.2 Å². The minimum Gasteiger partial charge on any atom is -0.507 e. The zero-order valence-corrected chi connectivity index (χ0v) is 14.9. The smallest absolute Gasteiger partial charge is 0.312 e. The Hall–Kier alpha value is -1.95. The summed E-state index contributed by atoms with van der Waals surface area (Å²) in [7, 11) is 0. The first-order chi connectivity index (χ1) is 10.7. The lowest BCUT2D eigenvalue weighted by atomic mass is 10.0. The van der Waals surface area contributed by atoms with Gasteiger partial charge in [-0.05, 0) is 28.7 Å². The number of rotatable bonds is 4. The van der Waals surface area contributed by atoms with Gasteiger partial charge in [0, 0.05) is 40.2 Å². The van der Waals surface area contributed by atoms with Crippen LogP contribution in [0.1, 0.15) is 11.1 Å². The molecule has 8 nitrogen and oxygen atoms in total. The van der Waals surface area contributed by atoms with Crippen LogP contribution in [0.4, 0.5) is 11.4 Å². The molecule has 0 fully saturated rings. The molecule has 0 radical (unpaired) electrons. The molecule has 0 bridgehead atoms. The Morgan fingerprint density at radius 3 is 2.17 bits per heavy atom. The first-order valence-electron chi connectivity index (χ1n) is 6.02. The summed E-state index contributed by atoms with van der Waals surface area (Å²) in [6, 6.07) is 4.98. The Balaban J connectivity index is 2.56. The van der Waals surface area contributed by atoms with Crippen LogP contribution >= 0.6 is 38.5 Å². The van der Waals surface area contributed by atoms with Crippen LogP contribution in [-0.2, 0) is 6.42 Å². The predicted molar refractivity (Wildman–Crippen MR) is 92.7 cm³/mol. The molecule has 0 saturated heterocycles. The SMILES string of the molecule is O=[N+]([O-])c1cc(I)c(O)c(Cc2cc(Br)cc([N+](=O)[O-])c2O)c1. The summed E-state index contributed by atoms with van der Waals surface area (Å²) >= 11 is 4.86. The molecular weight excluding hydrogens is 487 g/mol. The van der Waals surface area contributed by atoms with Gasteiger partial charge >= 0.3 is 5.69 Å². The molecule has 120 valence electrons. The summed E-state index contributed by atoms with van der Waals surface area (Å²) in [5, 5.41) is 41.9. The molecule has 2 N–H and O–H groups in total. The molecule has 0 aliphatic rings. The van der Waals surface area contributed by atoms with Crippen LogP contribution in [0.15, 0.2) is 28.7 Å². The van der Waals surface area contributed by atoms with Crippen molar-refractivity contribution in [3.63, 3.8) is 0 Å². The van der Waals surface area contributed by atoms with E-state index in [1.54, 1.807) is 22.6 Å². The lowest BCUT2D eigenvalue weighted by molar-refractivity contribution is -0.386. The number of nitrogens with zero attached hydrogens (tertiary/aromatic N) is 2. The number of non-ortho nitro benzene ring substituents is 1. The molecule has 0 aromatic heterocycles. The van der Waals surface area contributed by atoms with E-state index in [2.05, 4.69) is 15.9 Å². The van der Waals surface area contributed by atoms with E-state index in [4.69, 9.17) is 0 Å². The summed E-state index contributed by atoms with van der Waals surface area (Å²) in [6.07, 6.45) is -0.102. The topological polar surface area (TPSA) is 127 Å². The maximum Gasteiger partial charge on any atom is 0.312 e.